The van der Waals surface area contributed by atoms with Gasteiger partial charge in [-0.3, -0.25) is 0 Å². The third kappa shape index (κ3) is 4.32. The van der Waals surface area contributed by atoms with Gasteiger partial charge in [0.05, 0.1) is 12.2 Å². The van der Waals surface area contributed by atoms with E-state index in [1.54, 1.807) is 30.3 Å². The molecule has 2 aromatic carbocycles. The highest BCUT2D eigenvalue weighted by molar-refractivity contribution is 6.45. The molecule has 1 N–H and O–H groups in total. The van der Waals surface area contributed by atoms with Gasteiger partial charge in [-0.1, -0.05) is 48.5 Å². The van der Waals surface area contributed by atoms with Crippen LogP contribution in [-0.4, -0.2) is 59.8 Å². The lowest BCUT2D eigenvalue weighted by atomic mass is 9.84. The lowest BCUT2D eigenvalue weighted by molar-refractivity contribution is -0.380. The minimum atomic E-state index is -2.03. The van der Waals surface area contributed by atoms with Crippen molar-refractivity contribution in [2.75, 3.05) is 13.7 Å². The first kappa shape index (κ1) is 22.5. The fourth-order valence-corrected chi connectivity index (χ4v) is 4.29. The van der Waals surface area contributed by atoms with Gasteiger partial charge in [0.15, 0.2) is 24.3 Å². The van der Waals surface area contributed by atoms with E-state index in [0.29, 0.717) is 0 Å². The van der Waals surface area contributed by atoms with Crippen molar-refractivity contribution in [1.82, 2.24) is 0 Å². The summed E-state index contributed by atoms with van der Waals surface area (Å²) in [5.74, 6) is -0.686. The number of esters is 1. The van der Waals surface area contributed by atoms with Gasteiger partial charge in [0.1, 0.15) is 17.0 Å². The van der Waals surface area contributed by atoms with Crippen molar-refractivity contribution in [1.29, 1.82) is 0 Å². The number of carbonyl (C=O) groups is 1. The van der Waals surface area contributed by atoms with Crippen LogP contribution < -0.4 is 0 Å². The SMILES string of the molecule is CO[C@H]1O[C@@H]2COC(c3ccccc3)O[C@H]2[C@](O)(C(Cl)Cl)[C@H]1OC(=O)c1ccccc1. The second kappa shape index (κ2) is 9.42. The number of rotatable bonds is 5. The Balaban J connectivity index is 1.65. The second-order valence-electron chi connectivity index (χ2n) is 7.29. The number of halogens is 2. The Hall–Kier alpha value is -1.71. The predicted molar refractivity (Wildman–Crippen MR) is 112 cm³/mol. The summed E-state index contributed by atoms with van der Waals surface area (Å²) >= 11 is 12.5. The van der Waals surface area contributed by atoms with Crippen LogP contribution in [0, 0.1) is 0 Å². The number of carbonyl (C=O) groups excluding carboxylic acids is 1. The van der Waals surface area contributed by atoms with E-state index >= 15 is 0 Å². The maximum absolute atomic E-state index is 12.7. The molecule has 0 aliphatic carbocycles. The average molecular weight is 469 g/mol. The number of benzene rings is 2. The fraction of sp³-hybridized carbons (Fsp3) is 0.409. The first-order valence-corrected chi connectivity index (χ1v) is 10.6. The number of hydrogen-bond acceptors (Lipinski definition) is 7. The summed E-state index contributed by atoms with van der Waals surface area (Å²) in [6.45, 7) is 0.0895. The number of aliphatic hydroxyl groups is 1. The van der Waals surface area contributed by atoms with Gasteiger partial charge >= 0.3 is 5.97 Å². The fourth-order valence-electron chi connectivity index (χ4n) is 3.79. The molecule has 7 nitrogen and oxygen atoms in total. The van der Waals surface area contributed by atoms with E-state index in [1.165, 1.54) is 7.11 Å². The molecule has 2 aromatic rings. The molecule has 2 heterocycles. The van der Waals surface area contributed by atoms with Crippen LogP contribution in [0.4, 0.5) is 0 Å². The Bertz CT molecular complexity index is 882. The zero-order chi connectivity index (χ0) is 22.0. The third-order valence-corrected chi connectivity index (χ3v) is 6.08. The lowest BCUT2D eigenvalue weighted by Crippen LogP contribution is -2.73. The summed E-state index contributed by atoms with van der Waals surface area (Å²) in [5, 5.41) is 11.7. The minimum Gasteiger partial charge on any atom is -0.450 e. The Labute approximate surface area is 189 Å². The van der Waals surface area contributed by atoms with Crippen LogP contribution in [0.5, 0.6) is 0 Å². The van der Waals surface area contributed by atoms with Gasteiger partial charge in [-0.15, -0.1) is 23.2 Å². The first-order chi connectivity index (χ1) is 14.9. The van der Waals surface area contributed by atoms with E-state index in [0.717, 1.165) is 5.56 Å². The zero-order valence-electron chi connectivity index (χ0n) is 16.6. The summed E-state index contributed by atoms with van der Waals surface area (Å²) in [4.78, 5) is 11.3. The number of fused-ring (bicyclic) bond motifs is 1. The molecule has 0 amide bonds. The molecule has 0 radical (unpaired) electrons. The van der Waals surface area contributed by atoms with Gasteiger partial charge in [0, 0.05) is 12.7 Å². The maximum atomic E-state index is 12.7. The first-order valence-electron chi connectivity index (χ1n) is 9.72. The molecular weight excluding hydrogens is 447 g/mol. The monoisotopic (exact) mass is 468 g/mol. The van der Waals surface area contributed by atoms with Crippen LogP contribution in [0.25, 0.3) is 0 Å². The van der Waals surface area contributed by atoms with E-state index in [2.05, 4.69) is 0 Å². The summed E-state index contributed by atoms with van der Waals surface area (Å²) in [6, 6.07) is 17.6. The van der Waals surface area contributed by atoms with Gasteiger partial charge in [0.25, 0.3) is 0 Å². The van der Waals surface area contributed by atoms with Gasteiger partial charge < -0.3 is 28.8 Å². The molecule has 2 aliphatic heterocycles. The minimum absolute atomic E-state index is 0.0895. The lowest BCUT2D eigenvalue weighted by Gasteiger charge is -2.53. The van der Waals surface area contributed by atoms with Gasteiger partial charge in [-0.05, 0) is 12.1 Å². The predicted octanol–water partition coefficient (Wildman–Crippen LogP) is 3.23. The molecule has 0 aromatic heterocycles. The standard InChI is InChI=1S/C22H22Cl2O7/c1-27-20-17(30-18(25)13-8-4-2-5-9-13)22(26,21(23)24)16-15(29-20)12-28-19(31-16)14-10-6-3-7-11-14/h2-11,15-17,19-21,26H,12H2,1H3/t15-,16-,17+,19?,20+,22-/m1/s1. The van der Waals surface area contributed by atoms with E-state index < -0.39 is 47.3 Å². The molecule has 2 fully saturated rings. The molecular formula is C22H22Cl2O7. The largest absolute Gasteiger partial charge is 0.450 e. The van der Waals surface area contributed by atoms with Gasteiger partial charge in [-0.25, -0.2) is 4.79 Å². The van der Waals surface area contributed by atoms with Crippen molar-refractivity contribution in [3.8, 4) is 0 Å². The molecule has 1 unspecified atom stereocenters. The molecule has 6 atom stereocenters. The van der Waals surface area contributed by atoms with Crippen molar-refractivity contribution >= 4 is 29.2 Å². The number of methoxy groups -OCH3 is 1. The second-order valence-corrected chi connectivity index (χ2v) is 8.39. The molecule has 4 rings (SSSR count). The molecule has 9 heteroatoms. The van der Waals surface area contributed by atoms with Crippen LogP contribution in [0.2, 0.25) is 0 Å². The third-order valence-electron chi connectivity index (χ3n) is 5.38. The molecule has 31 heavy (non-hydrogen) atoms. The Morgan fingerprint density at radius 2 is 1.74 bits per heavy atom. The highest BCUT2D eigenvalue weighted by Crippen LogP contribution is 2.44. The summed E-state index contributed by atoms with van der Waals surface area (Å²) in [5.41, 5.74) is -0.998. The Morgan fingerprint density at radius 1 is 1.10 bits per heavy atom. The highest BCUT2D eigenvalue weighted by atomic mass is 35.5. The number of alkyl halides is 2. The van der Waals surface area contributed by atoms with Crippen molar-refractivity contribution < 1.29 is 33.6 Å². The summed E-state index contributed by atoms with van der Waals surface area (Å²) < 4.78 is 28.7. The van der Waals surface area contributed by atoms with Gasteiger partial charge in [-0.2, -0.15) is 0 Å². The van der Waals surface area contributed by atoms with E-state index in [4.69, 9.17) is 46.9 Å². The Morgan fingerprint density at radius 3 is 2.35 bits per heavy atom. The normalized spacial score (nSPS) is 33.0. The maximum Gasteiger partial charge on any atom is 0.338 e. The number of hydrogen-bond donors (Lipinski definition) is 1. The molecule has 2 saturated heterocycles. The average Bonchev–Trinajstić information content (AvgIpc) is 2.81. The molecule has 0 spiro atoms. The molecule has 0 bridgehead atoms. The van der Waals surface area contributed by atoms with Crippen molar-refractivity contribution in [2.45, 2.75) is 41.3 Å². The van der Waals surface area contributed by atoms with Crippen molar-refractivity contribution in [3.05, 3.63) is 71.8 Å². The zero-order valence-corrected chi connectivity index (χ0v) is 18.1. The van der Waals surface area contributed by atoms with Crippen LogP contribution in [0.1, 0.15) is 22.2 Å². The molecule has 166 valence electrons. The van der Waals surface area contributed by atoms with E-state index in [-0.39, 0.29) is 12.2 Å². The quantitative estimate of drug-likeness (QED) is 0.532. The number of ether oxygens (including phenoxy) is 5. The smallest absolute Gasteiger partial charge is 0.338 e. The van der Waals surface area contributed by atoms with Crippen LogP contribution >= 0.6 is 23.2 Å². The topological polar surface area (TPSA) is 83.5 Å². The van der Waals surface area contributed by atoms with Crippen molar-refractivity contribution in [3.63, 3.8) is 0 Å². The summed E-state index contributed by atoms with van der Waals surface area (Å²) in [6.07, 6.45) is -5.08. The summed E-state index contributed by atoms with van der Waals surface area (Å²) in [7, 11) is 1.36. The highest BCUT2D eigenvalue weighted by Gasteiger charge is 2.64. The van der Waals surface area contributed by atoms with Crippen LogP contribution in [-0.2, 0) is 23.7 Å². The molecule has 2 aliphatic rings. The van der Waals surface area contributed by atoms with E-state index in [1.807, 2.05) is 30.3 Å². The molecule has 0 saturated carbocycles. The Kier molecular flexibility index (Phi) is 6.83. The van der Waals surface area contributed by atoms with E-state index in [9.17, 15) is 9.90 Å². The van der Waals surface area contributed by atoms with Crippen LogP contribution in [0.15, 0.2) is 60.7 Å². The van der Waals surface area contributed by atoms with Crippen LogP contribution in [0.3, 0.4) is 0 Å². The van der Waals surface area contributed by atoms with Crippen molar-refractivity contribution in [2.24, 2.45) is 0 Å². The van der Waals surface area contributed by atoms with Gasteiger partial charge in [0.2, 0.25) is 0 Å².